The lowest BCUT2D eigenvalue weighted by atomic mass is 10.1. The molecular weight excluding hydrogens is 237 g/mol. The normalized spacial score (nSPS) is 16.9. The molecule has 0 atom stereocenters. The van der Waals surface area contributed by atoms with Crippen molar-refractivity contribution >= 4 is 17.0 Å². The molecule has 0 unspecified atom stereocenters. The Morgan fingerprint density at radius 1 is 1.61 bits per heavy atom. The first-order valence-corrected chi connectivity index (χ1v) is 5.66. The molecule has 0 radical (unpaired) electrons. The van der Waals surface area contributed by atoms with Gasteiger partial charge in [0.05, 0.1) is 0 Å². The SMILES string of the molecule is NC(=O)c1coc2cc(CN3CC(F)C3)cnc12. The number of rotatable bonds is 3. The number of furan rings is 1. The molecular formula is C12H12FN3O2. The lowest BCUT2D eigenvalue weighted by molar-refractivity contribution is 0.0590. The number of nitrogens with two attached hydrogens (primary N) is 1. The lowest BCUT2D eigenvalue weighted by Gasteiger charge is -2.34. The Hall–Kier alpha value is -1.95. The van der Waals surface area contributed by atoms with Crippen molar-refractivity contribution in [2.75, 3.05) is 13.1 Å². The number of aromatic nitrogens is 1. The average Bonchev–Trinajstić information content (AvgIpc) is 2.70. The summed E-state index contributed by atoms with van der Waals surface area (Å²) < 4.78 is 17.9. The highest BCUT2D eigenvalue weighted by Crippen LogP contribution is 2.21. The zero-order valence-electron chi connectivity index (χ0n) is 9.60. The van der Waals surface area contributed by atoms with Crippen LogP contribution in [0.5, 0.6) is 0 Å². The topological polar surface area (TPSA) is 72.4 Å². The fourth-order valence-corrected chi connectivity index (χ4v) is 2.11. The first kappa shape index (κ1) is 11.2. The number of fused-ring (bicyclic) bond motifs is 1. The maximum absolute atomic E-state index is 12.7. The van der Waals surface area contributed by atoms with Crippen LogP contribution in [0.1, 0.15) is 15.9 Å². The van der Waals surface area contributed by atoms with Gasteiger partial charge in [-0.05, 0) is 11.6 Å². The summed E-state index contributed by atoms with van der Waals surface area (Å²) in [6, 6.07) is 1.81. The smallest absolute Gasteiger partial charge is 0.254 e. The Bertz CT molecular complexity index is 604. The van der Waals surface area contributed by atoms with Crippen LogP contribution >= 0.6 is 0 Å². The van der Waals surface area contributed by atoms with Crippen LogP contribution in [0.2, 0.25) is 0 Å². The van der Waals surface area contributed by atoms with Crippen LogP contribution in [-0.4, -0.2) is 35.1 Å². The van der Waals surface area contributed by atoms with Gasteiger partial charge in [0, 0.05) is 25.8 Å². The minimum atomic E-state index is -0.716. The summed E-state index contributed by atoms with van der Waals surface area (Å²) in [5, 5.41) is 0. The van der Waals surface area contributed by atoms with Crippen LogP contribution < -0.4 is 5.73 Å². The second kappa shape index (κ2) is 4.06. The van der Waals surface area contributed by atoms with E-state index in [1.165, 1.54) is 6.26 Å². The van der Waals surface area contributed by atoms with E-state index in [0.29, 0.717) is 30.7 Å². The number of alkyl halides is 1. The van der Waals surface area contributed by atoms with E-state index in [9.17, 15) is 9.18 Å². The number of nitrogens with zero attached hydrogens (tertiary/aromatic N) is 2. The van der Waals surface area contributed by atoms with Crippen molar-refractivity contribution in [3.63, 3.8) is 0 Å². The number of likely N-dealkylation sites (tertiary alicyclic amines) is 1. The van der Waals surface area contributed by atoms with Crippen molar-refractivity contribution in [3.8, 4) is 0 Å². The quantitative estimate of drug-likeness (QED) is 0.883. The highest BCUT2D eigenvalue weighted by atomic mass is 19.1. The molecule has 0 bridgehead atoms. The number of carbonyl (C=O) groups is 1. The van der Waals surface area contributed by atoms with Crippen LogP contribution in [0.15, 0.2) is 22.9 Å². The number of amides is 1. The molecule has 3 heterocycles. The van der Waals surface area contributed by atoms with Gasteiger partial charge in [-0.2, -0.15) is 0 Å². The summed E-state index contributed by atoms with van der Waals surface area (Å²) in [6.07, 6.45) is 2.26. The van der Waals surface area contributed by atoms with Gasteiger partial charge in [-0.15, -0.1) is 0 Å². The molecule has 1 amide bonds. The highest BCUT2D eigenvalue weighted by Gasteiger charge is 2.26. The predicted octanol–water partition coefficient (Wildman–Crippen LogP) is 1.08. The molecule has 94 valence electrons. The van der Waals surface area contributed by atoms with Gasteiger partial charge in [0.15, 0.2) is 5.58 Å². The van der Waals surface area contributed by atoms with Gasteiger partial charge in [-0.25, -0.2) is 4.39 Å². The van der Waals surface area contributed by atoms with Crippen molar-refractivity contribution in [1.29, 1.82) is 0 Å². The van der Waals surface area contributed by atoms with Crippen LogP contribution in [-0.2, 0) is 6.54 Å². The third-order valence-corrected chi connectivity index (χ3v) is 3.05. The number of primary amides is 1. The molecule has 0 spiro atoms. The van der Waals surface area contributed by atoms with E-state index in [4.69, 9.17) is 10.2 Å². The standard InChI is InChI=1S/C12H12FN3O2/c13-8-4-16(5-8)3-7-1-10-11(15-2-7)9(6-18-10)12(14)17/h1-2,6,8H,3-5H2,(H2,14,17). The van der Waals surface area contributed by atoms with Gasteiger partial charge in [0.1, 0.15) is 23.5 Å². The lowest BCUT2D eigenvalue weighted by Crippen LogP contribution is -2.47. The van der Waals surface area contributed by atoms with Crippen molar-refractivity contribution in [1.82, 2.24) is 9.88 Å². The molecule has 1 aliphatic rings. The minimum absolute atomic E-state index is 0.282. The van der Waals surface area contributed by atoms with Gasteiger partial charge < -0.3 is 10.2 Å². The van der Waals surface area contributed by atoms with E-state index in [-0.39, 0.29) is 5.56 Å². The molecule has 1 aliphatic heterocycles. The summed E-state index contributed by atoms with van der Waals surface area (Å²) in [7, 11) is 0. The van der Waals surface area contributed by atoms with Crippen LogP contribution in [0.3, 0.4) is 0 Å². The van der Waals surface area contributed by atoms with Crippen LogP contribution in [0, 0.1) is 0 Å². The Kier molecular flexibility index (Phi) is 2.52. The molecule has 2 N–H and O–H groups in total. The van der Waals surface area contributed by atoms with Crippen molar-refractivity contribution < 1.29 is 13.6 Å². The van der Waals surface area contributed by atoms with E-state index in [0.717, 1.165) is 5.56 Å². The molecule has 0 saturated carbocycles. The molecule has 1 fully saturated rings. The molecule has 0 aromatic carbocycles. The molecule has 1 saturated heterocycles. The van der Waals surface area contributed by atoms with Crippen LogP contribution in [0.4, 0.5) is 4.39 Å². The molecule has 2 aromatic heterocycles. The number of hydrogen-bond acceptors (Lipinski definition) is 4. The molecule has 5 nitrogen and oxygen atoms in total. The summed E-state index contributed by atoms with van der Waals surface area (Å²) in [6.45, 7) is 1.56. The van der Waals surface area contributed by atoms with Gasteiger partial charge in [0.2, 0.25) is 0 Å². The van der Waals surface area contributed by atoms with Gasteiger partial charge >= 0.3 is 0 Å². The molecule has 18 heavy (non-hydrogen) atoms. The Morgan fingerprint density at radius 2 is 2.39 bits per heavy atom. The van der Waals surface area contributed by atoms with E-state index >= 15 is 0 Å². The van der Waals surface area contributed by atoms with Crippen molar-refractivity contribution in [2.24, 2.45) is 5.73 Å². The average molecular weight is 249 g/mol. The van der Waals surface area contributed by atoms with Gasteiger partial charge in [-0.3, -0.25) is 14.7 Å². The second-order valence-electron chi connectivity index (χ2n) is 4.50. The number of carbonyl (C=O) groups excluding carboxylic acids is 1. The summed E-state index contributed by atoms with van der Waals surface area (Å²) in [4.78, 5) is 17.3. The van der Waals surface area contributed by atoms with E-state index in [1.54, 1.807) is 12.3 Å². The van der Waals surface area contributed by atoms with Gasteiger partial charge in [0.25, 0.3) is 5.91 Å². The second-order valence-corrected chi connectivity index (χ2v) is 4.50. The summed E-state index contributed by atoms with van der Waals surface area (Å²) in [5.74, 6) is -0.558. The third-order valence-electron chi connectivity index (χ3n) is 3.05. The maximum Gasteiger partial charge on any atom is 0.254 e. The summed E-state index contributed by atoms with van der Waals surface area (Å²) in [5.41, 5.74) is 7.41. The zero-order valence-corrected chi connectivity index (χ0v) is 9.60. The van der Waals surface area contributed by atoms with E-state index in [1.807, 2.05) is 4.90 Å². The predicted molar refractivity (Wildman–Crippen MR) is 62.7 cm³/mol. The van der Waals surface area contributed by atoms with Crippen molar-refractivity contribution in [2.45, 2.75) is 12.7 Å². The monoisotopic (exact) mass is 249 g/mol. The zero-order chi connectivity index (χ0) is 12.7. The fourth-order valence-electron chi connectivity index (χ4n) is 2.11. The number of hydrogen-bond donors (Lipinski definition) is 1. The molecule has 0 aliphatic carbocycles. The maximum atomic E-state index is 12.7. The Labute approximate surface area is 102 Å². The van der Waals surface area contributed by atoms with Crippen molar-refractivity contribution in [3.05, 3.63) is 29.7 Å². The third kappa shape index (κ3) is 1.84. The fraction of sp³-hybridized carbons (Fsp3) is 0.333. The molecule has 3 rings (SSSR count). The Morgan fingerprint density at radius 3 is 3.06 bits per heavy atom. The summed E-state index contributed by atoms with van der Waals surface area (Å²) >= 11 is 0. The largest absolute Gasteiger partial charge is 0.462 e. The Balaban J connectivity index is 1.85. The van der Waals surface area contributed by atoms with E-state index < -0.39 is 12.1 Å². The number of halogens is 1. The minimum Gasteiger partial charge on any atom is -0.462 e. The van der Waals surface area contributed by atoms with Gasteiger partial charge in [-0.1, -0.05) is 0 Å². The highest BCUT2D eigenvalue weighted by molar-refractivity contribution is 6.03. The first-order valence-electron chi connectivity index (χ1n) is 5.66. The first-order chi connectivity index (χ1) is 8.63. The van der Waals surface area contributed by atoms with Crippen LogP contribution in [0.25, 0.3) is 11.1 Å². The number of pyridine rings is 1. The molecule has 6 heteroatoms. The molecule has 2 aromatic rings. The van der Waals surface area contributed by atoms with E-state index in [2.05, 4.69) is 4.98 Å².